The van der Waals surface area contributed by atoms with Crippen molar-refractivity contribution in [1.29, 1.82) is 0 Å². The number of morpholine rings is 1. The highest BCUT2D eigenvalue weighted by Crippen LogP contribution is 2.26. The molecule has 1 N–H and O–H groups in total. The Hall–Kier alpha value is -1.70. The molecule has 0 radical (unpaired) electrons. The minimum atomic E-state index is -0.544. The van der Waals surface area contributed by atoms with Crippen molar-refractivity contribution < 1.29 is 18.7 Å². The largest absolute Gasteiger partial charge is 0.378 e. The van der Waals surface area contributed by atoms with E-state index in [0.717, 1.165) is 0 Å². The van der Waals surface area contributed by atoms with Crippen molar-refractivity contribution in [2.24, 2.45) is 0 Å². The number of carbonyl (C=O) groups is 2. The first-order chi connectivity index (χ1) is 12.5. The number of hydrogen-bond acceptors (Lipinski definition) is 4. The fraction of sp³-hybridized carbons (Fsp3) is 0.556. The molecule has 2 saturated heterocycles. The Bertz CT molecular complexity index is 682. The first-order valence-electron chi connectivity index (χ1n) is 8.83. The summed E-state index contributed by atoms with van der Waals surface area (Å²) in [5.41, 5.74) is 0.498. The van der Waals surface area contributed by atoms with Gasteiger partial charge in [-0.1, -0.05) is 11.6 Å². The van der Waals surface area contributed by atoms with E-state index in [4.69, 9.17) is 16.3 Å². The van der Waals surface area contributed by atoms with Crippen molar-refractivity contribution in [2.45, 2.75) is 31.8 Å². The summed E-state index contributed by atoms with van der Waals surface area (Å²) in [7, 11) is 0. The van der Waals surface area contributed by atoms with Gasteiger partial charge in [0.15, 0.2) is 0 Å². The number of anilines is 1. The Morgan fingerprint density at radius 2 is 2.12 bits per heavy atom. The van der Waals surface area contributed by atoms with Gasteiger partial charge in [0.1, 0.15) is 5.82 Å². The minimum absolute atomic E-state index is 0.0327. The van der Waals surface area contributed by atoms with Crippen molar-refractivity contribution in [3.8, 4) is 0 Å². The number of nitrogens with zero attached hydrogens (tertiary/aromatic N) is 2. The van der Waals surface area contributed by atoms with Gasteiger partial charge in [-0.3, -0.25) is 9.59 Å². The summed E-state index contributed by atoms with van der Waals surface area (Å²) in [6.45, 7) is 4.77. The summed E-state index contributed by atoms with van der Waals surface area (Å²) in [5.74, 6) is -0.592. The van der Waals surface area contributed by atoms with Crippen molar-refractivity contribution in [1.82, 2.24) is 10.2 Å². The third kappa shape index (κ3) is 4.34. The zero-order valence-corrected chi connectivity index (χ0v) is 15.5. The van der Waals surface area contributed by atoms with Gasteiger partial charge in [0.25, 0.3) is 0 Å². The van der Waals surface area contributed by atoms with Crippen molar-refractivity contribution in [3.05, 3.63) is 29.0 Å². The lowest BCUT2D eigenvalue weighted by atomic mass is 10.1. The van der Waals surface area contributed by atoms with Gasteiger partial charge in [-0.05, 0) is 31.5 Å². The van der Waals surface area contributed by atoms with E-state index in [1.165, 1.54) is 12.1 Å². The van der Waals surface area contributed by atoms with E-state index < -0.39 is 5.82 Å². The standard InChI is InChI=1S/C18H23ClFN3O3/c1-12(10-17(24)22-6-8-26-9-7-22)21-16-4-5-23(18(16)25)13-2-3-14(19)15(20)11-13/h2-3,11-12,16,21H,4-10H2,1H3/t12-,16-/m0/s1. The summed E-state index contributed by atoms with van der Waals surface area (Å²) in [5, 5.41) is 3.27. The van der Waals surface area contributed by atoms with Crippen LogP contribution in [0.25, 0.3) is 0 Å². The van der Waals surface area contributed by atoms with Gasteiger partial charge in [-0.2, -0.15) is 0 Å². The minimum Gasteiger partial charge on any atom is -0.378 e. The SMILES string of the molecule is C[C@@H](CC(=O)N1CCOCC1)N[C@H]1CCN(c2ccc(Cl)c(F)c2)C1=O. The number of ether oxygens (including phenoxy) is 1. The molecular weight excluding hydrogens is 361 g/mol. The van der Waals surface area contributed by atoms with Crippen LogP contribution in [0.3, 0.4) is 0 Å². The second-order valence-corrected chi connectivity index (χ2v) is 7.10. The van der Waals surface area contributed by atoms with E-state index in [1.54, 1.807) is 15.9 Å². The molecule has 0 unspecified atom stereocenters. The van der Waals surface area contributed by atoms with Gasteiger partial charge in [0.05, 0.1) is 24.3 Å². The quantitative estimate of drug-likeness (QED) is 0.842. The van der Waals surface area contributed by atoms with E-state index >= 15 is 0 Å². The number of amides is 2. The molecule has 2 amide bonds. The second-order valence-electron chi connectivity index (χ2n) is 6.69. The molecule has 1 aromatic carbocycles. The second kappa shape index (κ2) is 8.33. The van der Waals surface area contributed by atoms with Crippen LogP contribution in [0, 0.1) is 5.82 Å². The van der Waals surface area contributed by atoms with E-state index in [1.807, 2.05) is 6.92 Å². The van der Waals surface area contributed by atoms with Crippen LogP contribution in [0.15, 0.2) is 18.2 Å². The molecule has 142 valence electrons. The maximum absolute atomic E-state index is 13.7. The molecule has 2 aliphatic heterocycles. The van der Waals surface area contributed by atoms with E-state index in [0.29, 0.717) is 51.4 Å². The van der Waals surface area contributed by atoms with E-state index in [2.05, 4.69) is 5.32 Å². The summed E-state index contributed by atoms with van der Waals surface area (Å²) in [6.07, 6.45) is 0.943. The van der Waals surface area contributed by atoms with E-state index in [9.17, 15) is 14.0 Å². The topological polar surface area (TPSA) is 61.9 Å². The fourth-order valence-corrected chi connectivity index (χ4v) is 3.47. The molecule has 2 fully saturated rings. The lowest BCUT2D eigenvalue weighted by molar-refractivity contribution is -0.136. The maximum Gasteiger partial charge on any atom is 0.244 e. The van der Waals surface area contributed by atoms with Crippen molar-refractivity contribution in [3.63, 3.8) is 0 Å². The van der Waals surface area contributed by atoms with Crippen molar-refractivity contribution in [2.75, 3.05) is 37.7 Å². The van der Waals surface area contributed by atoms with Gasteiger partial charge in [0, 0.05) is 37.8 Å². The molecule has 2 atom stereocenters. The predicted molar refractivity (Wildman–Crippen MR) is 96.8 cm³/mol. The molecule has 3 rings (SSSR count). The van der Waals surface area contributed by atoms with Crippen LogP contribution in [0.4, 0.5) is 10.1 Å². The smallest absolute Gasteiger partial charge is 0.244 e. The molecule has 0 bridgehead atoms. The molecule has 1 aromatic rings. The lowest BCUT2D eigenvalue weighted by Crippen LogP contribution is -2.46. The van der Waals surface area contributed by atoms with Gasteiger partial charge in [0.2, 0.25) is 11.8 Å². The first-order valence-corrected chi connectivity index (χ1v) is 9.21. The van der Waals surface area contributed by atoms with Crippen LogP contribution in [0.2, 0.25) is 5.02 Å². The first kappa shape index (κ1) is 19.1. The highest BCUT2D eigenvalue weighted by molar-refractivity contribution is 6.30. The number of carbonyl (C=O) groups excluding carboxylic acids is 2. The average Bonchev–Trinajstić information content (AvgIpc) is 2.98. The Kier molecular flexibility index (Phi) is 6.11. The number of benzene rings is 1. The zero-order chi connectivity index (χ0) is 18.7. The summed E-state index contributed by atoms with van der Waals surface area (Å²) in [6, 6.07) is 3.86. The summed E-state index contributed by atoms with van der Waals surface area (Å²) >= 11 is 5.70. The van der Waals surface area contributed by atoms with Crippen LogP contribution in [-0.4, -0.2) is 61.6 Å². The highest BCUT2D eigenvalue weighted by atomic mass is 35.5. The van der Waals surface area contributed by atoms with Crippen LogP contribution < -0.4 is 10.2 Å². The molecule has 6 nitrogen and oxygen atoms in total. The van der Waals surface area contributed by atoms with Crippen LogP contribution in [0.1, 0.15) is 19.8 Å². The van der Waals surface area contributed by atoms with Crippen LogP contribution >= 0.6 is 11.6 Å². The summed E-state index contributed by atoms with van der Waals surface area (Å²) in [4.78, 5) is 28.3. The average molecular weight is 384 g/mol. The lowest BCUT2D eigenvalue weighted by Gasteiger charge is -2.28. The monoisotopic (exact) mass is 383 g/mol. The number of nitrogens with one attached hydrogen (secondary N) is 1. The molecule has 0 aromatic heterocycles. The molecule has 26 heavy (non-hydrogen) atoms. The van der Waals surface area contributed by atoms with Gasteiger partial charge in [-0.15, -0.1) is 0 Å². The van der Waals surface area contributed by atoms with Crippen molar-refractivity contribution >= 4 is 29.1 Å². The molecule has 2 aliphatic rings. The summed E-state index contributed by atoms with van der Waals surface area (Å²) < 4.78 is 18.9. The van der Waals surface area contributed by atoms with Gasteiger partial charge >= 0.3 is 0 Å². The third-order valence-corrected chi connectivity index (χ3v) is 5.06. The van der Waals surface area contributed by atoms with Crippen LogP contribution in [0.5, 0.6) is 0 Å². The van der Waals surface area contributed by atoms with Crippen LogP contribution in [-0.2, 0) is 14.3 Å². The fourth-order valence-electron chi connectivity index (χ4n) is 3.35. The predicted octanol–water partition coefficient (Wildman–Crippen LogP) is 1.81. The normalized spacial score (nSPS) is 22.0. The molecule has 2 heterocycles. The molecule has 8 heteroatoms. The Balaban J connectivity index is 1.54. The van der Waals surface area contributed by atoms with Gasteiger partial charge < -0.3 is 19.9 Å². The Labute approximate surface area is 157 Å². The Morgan fingerprint density at radius 1 is 1.38 bits per heavy atom. The highest BCUT2D eigenvalue weighted by Gasteiger charge is 2.34. The zero-order valence-electron chi connectivity index (χ0n) is 14.7. The Morgan fingerprint density at radius 3 is 2.81 bits per heavy atom. The molecule has 0 aliphatic carbocycles. The molecular formula is C18H23ClFN3O3. The maximum atomic E-state index is 13.7. The molecule has 0 saturated carbocycles. The number of hydrogen-bond donors (Lipinski definition) is 1. The van der Waals surface area contributed by atoms with Gasteiger partial charge in [-0.25, -0.2) is 4.39 Å². The van der Waals surface area contributed by atoms with E-state index in [-0.39, 0.29) is 28.9 Å². The number of rotatable bonds is 5. The third-order valence-electron chi connectivity index (χ3n) is 4.75. The number of halogens is 2. The molecule has 0 spiro atoms.